The molecule has 0 atom stereocenters. The zero-order valence-electron chi connectivity index (χ0n) is 29.5. The molecule has 1 fully saturated rings. The third-order valence-corrected chi connectivity index (χ3v) is 15.7. The Hall–Kier alpha value is -5.05. The Bertz CT molecular complexity index is 2500. The third-order valence-electron chi connectivity index (χ3n) is 10.3. The first kappa shape index (κ1) is 34.1. The summed E-state index contributed by atoms with van der Waals surface area (Å²) in [7, 11) is -2.42. The minimum atomic E-state index is -2.42. The molecule has 52 heavy (non-hydrogen) atoms. The summed E-state index contributed by atoms with van der Waals surface area (Å²) in [5, 5.41) is 12.7. The van der Waals surface area contributed by atoms with Gasteiger partial charge < -0.3 is 0 Å². The molecule has 251 valence electrons. The van der Waals surface area contributed by atoms with Gasteiger partial charge in [-0.05, 0) is 12.5 Å². The van der Waals surface area contributed by atoms with Crippen LogP contribution in [0.2, 0.25) is 0 Å². The molecule has 0 spiro atoms. The van der Waals surface area contributed by atoms with E-state index in [0.29, 0.717) is 0 Å². The van der Waals surface area contributed by atoms with Crippen molar-refractivity contribution in [1.82, 2.24) is 0 Å². The van der Waals surface area contributed by atoms with Crippen molar-refractivity contribution in [1.29, 1.82) is 0 Å². The Kier molecular flexibility index (Phi) is 9.75. The van der Waals surface area contributed by atoms with Gasteiger partial charge >= 0.3 is 295 Å². The number of allylic oxidation sites excluding steroid dienone is 7. The molecular formula is C50H39OsP+. The van der Waals surface area contributed by atoms with E-state index in [1.165, 1.54) is 76.7 Å². The van der Waals surface area contributed by atoms with Crippen LogP contribution in [-0.4, -0.2) is 0 Å². The Morgan fingerprint density at radius 2 is 1.10 bits per heavy atom. The first-order valence-corrected chi connectivity index (χ1v) is 21.1. The first-order valence-electron chi connectivity index (χ1n) is 18.0. The van der Waals surface area contributed by atoms with Gasteiger partial charge in [0, 0.05) is 0 Å². The quantitative estimate of drug-likeness (QED) is 0.0888. The molecule has 0 bridgehead atoms. The summed E-state index contributed by atoms with van der Waals surface area (Å²) in [6.45, 7) is 4.24. The minimum absolute atomic E-state index is 1.02. The monoisotopic (exact) mass is 862 g/mol. The van der Waals surface area contributed by atoms with E-state index in [9.17, 15) is 0 Å². The van der Waals surface area contributed by atoms with Crippen LogP contribution < -0.4 is 15.9 Å². The molecule has 0 heterocycles. The van der Waals surface area contributed by atoms with Crippen LogP contribution in [0.1, 0.15) is 44.2 Å². The third kappa shape index (κ3) is 6.14. The van der Waals surface area contributed by atoms with Gasteiger partial charge in [0.15, 0.2) is 0 Å². The molecule has 1 saturated carbocycles. The van der Waals surface area contributed by atoms with Crippen LogP contribution in [0.5, 0.6) is 0 Å². The fourth-order valence-electron chi connectivity index (χ4n) is 8.06. The van der Waals surface area contributed by atoms with E-state index in [1.807, 2.05) is 17.9 Å². The molecule has 0 N–H and O–H groups in total. The van der Waals surface area contributed by atoms with Crippen molar-refractivity contribution in [3.05, 3.63) is 191 Å². The van der Waals surface area contributed by atoms with E-state index in [1.54, 1.807) is 0 Å². The molecule has 0 nitrogen and oxygen atoms in total. The molecule has 0 aromatic heterocycles. The van der Waals surface area contributed by atoms with Crippen LogP contribution in [0.3, 0.4) is 0 Å². The van der Waals surface area contributed by atoms with Crippen molar-refractivity contribution in [2.24, 2.45) is 0 Å². The number of hydrogen-bond donors (Lipinski definition) is 0. The van der Waals surface area contributed by atoms with Gasteiger partial charge in [-0.1, -0.05) is 12.2 Å². The molecule has 0 amide bonds. The summed E-state index contributed by atoms with van der Waals surface area (Å²) in [6, 6.07) is 51.4. The van der Waals surface area contributed by atoms with E-state index in [-0.39, 0.29) is 0 Å². The Balaban J connectivity index is 1.41. The standard InChI is InChI=1S/C50H39P.Os/c1-4-16-37-31-42-27-29-44-33-38(34-45-30-28-43(32-37)49(42)50(44)45)25-26-40(35-41-18-15-17-39(41)5-2)36(3)51(46-19-9-6-10-20-46,47-21-11-7-12-22-47)48-23-13-8-14-24-48;/h4-14,16,19-24,27-35H,15,17-18H2,1-2H3;/q+1;/b16-4+,39-5?,40-36?,41-35?;. The predicted molar refractivity (Wildman–Crippen MR) is 223 cm³/mol. The second kappa shape index (κ2) is 14.9. The summed E-state index contributed by atoms with van der Waals surface area (Å²) in [6.07, 6.45) is 12.3. The second-order valence-corrected chi connectivity index (χ2v) is 17.4. The molecule has 7 aromatic rings. The average Bonchev–Trinajstić information content (AvgIpc) is 3.66. The van der Waals surface area contributed by atoms with Crippen LogP contribution in [0.4, 0.5) is 0 Å². The molecule has 0 aliphatic heterocycles. The second-order valence-electron chi connectivity index (χ2n) is 13.4. The molecular weight excluding hydrogens is 822 g/mol. The van der Waals surface area contributed by atoms with Crippen molar-refractivity contribution in [2.75, 3.05) is 0 Å². The summed E-state index contributed by atoms with van der Waals surface area (Å²) in [5.74, 6) is 7.55. The fraction of sp³-hybridized carbons (Fsp3) is 0.100. The van der Waals surface area contributed by atoms with Gasteiger partial charge in [0.25, 0.3) is 0 Å². The number of hydrogen-bond acceptors (Lipinski definition) is 0. The van der Waals surface area contributed by atoms with Crippen LogP contribution in [0.15, 0.2) is 180 Å². The summed E-state index contributed by atoms with van der Waals surface area (Å²) >= 11 is 1.82. The van der Waals surface area contributed by atoms with E-state index in [0.717, 1.165) is 24.0 Å². The van der Waals surface area contributed by atoms with Crippen molar-refractivity contribution in [3.8, 4) is 16.2 Å². The van der Waals surface area contributed by atoms with E-state index < -0.39 is 7.26 Å². The first-order chi connectivity index (χ1) is 25.6. The van der Waals surface area contributed by atoms with Gasteiger partial charge in [0.05, 0.1) is 0 Å². The Morgan fingerprint density at radius 3 is 1.56 bits per heavy atom. The van der Waals surface area contributed by atoms with Crippen molar-refractivity contribution in [3.63, 3.8) is 0 Å². The van der Waals surface area contributed by atoms with Gasteiger partial charge in [-0.3, -0.25) is 0 Å². The van der Waals surface area contributed by atoms with Crippen LogP contribution in [0.25, 0.3) is 38.4 Å². The molecule has 0 saturated heterocycles. The molecule has 1 aliphatic carbocycles. The van der Waals surface area contributed by atoms with Gasteiger partial charge in [0.2, 0.25) is 0 Å². The molecule has 1 aliphatic rings. The summed E-state index contributed by atoms with van der Waals surface area (Å²) in [5.41, 5.74) is 6.13. The zero-order valence-corrected chi connectivity index (χ0v) is 32.9. The SMILES string of the molecule is CC=C1CCCC1=CC(C#Cc1cc2ccc3cc(/C=C/C)cc4ccc(c1)c2c34)=C([C]#[Os])[P+](c1ccccc1)(c1ccccc1)c1ccccc1. The normalized spacial score (nSPS) is 15.4. The van der Waals surface area contributed by atoms with Crippen LogP contribution >= 0.6 is 7.26 Å². The molecule has 0 unspecified atom stereocenters. The predicted octanol–water partition coefficient (Wildman–Crippen LogP) is 11.8. The van der Waals surface area contributed by atoms with Crippen LogP contribution in [0, 0.1) is 16.2 Å². The topological polar surface area (TPSA) is 0 Å². The Labute approximate surface area is 318 Å². The van der Waals surface area contributed by atoms with E-state index in [2.05, 4.69) is 194 Å². The van der Waals surface area contributed by atoms with Gasteiger partial charge in [-0.2, -0.15) is 0 Å². The fourth-order valence-corrected chi connectivity index (χ4v) is 13.8. The average molecular weight is 861 g/mol. The molecule has 2 heteroatoms. The maximum absolute atomic E-state index is 3.85. The Morgan fingerprint density at radius 1 is 0.615 bits per heavy atom. The zero-order chi connectivity index (χ0) is 35.5. The summed E-state index contributed by atoms with van der Waals surface area (Å²) in [4.78, 5) is 0. The van der Waals surface area contributed by atoms with Crippen LogP contribution in [-0.2, 0) is 17.9 Å². The van der Waals surface area contributed by atoms with Crippen molar-refractivity contribution >= 4 is 61.6 Å². The summed E-state index contributed by atoms with van der Waals surface area (Å²) < 4.78 is 3.85. The number of rotatable bonds is 6. The molecule has 0 radical (unpaired) electrons. The van der Waals surface area contributed by atoms with Crippen molar-refractivity contribution < 1.29 is 17.9 Å². The maximum atomic E-state index is 3.85. The van der Waals surface area contributed by atoms with Gasteiger partial charge in [0.1, 0.15) is 0 Å². The van der Waals surface area contributed by atoms with E-state index in [4.69, 9.17) is 0 Å². The van der Waals surface area contributed by atoms with E-state index >= 15 is 0 Å². The van der Waals surface area contributed by atoms with Crippen molar-refractivity contribution in [2.45, 2.75) is 33.1 Å². The van der Waals surface area contributed by atoms with Gasteiger partial charge in [-0.15, -0.1) is 0 Å². The number of benzene rings is 7. The molecule has 8 rings (SSSR count). The molecule has 7 aromatic carbocycles. The van der Waals surface area contributed by atoms with Gasteiger partial charge in [-0.25, -0.2) is 0 Å².